The van der Waals surface area contributed by atoms with Crippen LogP contribution < -0.4 is 32.6 Å². The number of aromatic carboxylic acids is 2. The number of carbonyl (C=O) groups is 2. The summed E-state index contributed by atoms with van der Waals surface area (Å²) < 4.78 is 0. The first-order valence-electron chi connectivity index (χ1n) is 13.1. The first-order chi connectivity index (χ1) is 20.0. The lowest BCUT2D eigenvalue weighted by atomic mass is 10.1. The molecule has 0 atom stereocenters. The molecule has 1 aromatic heterocycles. The SMILES string of the molecule is CC.CC.CC1=C(c2cccc(/C(N)=C(\C)N(N)c3ccc(C(=O)O)c(O)c3)n2)NNN1c1ccc(C(=O)O)c(O)c1. The molecule has 1 aliphatic rings. The highest BCUT2D eigenvalue weighted by Gasteiger charge is 2.24. The van der Waals surface area contributed by atoms with Gasteiger partial charge >= 0.3 is 11.9 Å². The lowest BCUT2D eigenvalue weighted by Gasteiger charge is -2.22. The van der Waals surface area contributed by atoms with Crippen LogP contribution >= 0.6 is 0 Å². The van der Waals surface area contributed by atoms with Gasteiger partial charge in [-0.3, -0.25) is 15.4 Å². The van der Waals surface area contributed by atoms with Gasteiger partial charge < -0.3 is 26.2 Å². The summed E-state index contributed by atoms with van der Waals surface area (Å²) in [7, 11) is 0. The summed E-state index contributed by atoms with van der Waals surface area (Å²) in [5, 5.41) is 41.1. The first kappa shape index (κ1) is 32.9. The number of benzene rings is 2. The number of anilines is 2. The van der Waals surface area contributed by atoms with Crippen LogP contribution in [0.25, 0.3) is 11.4 Å². The summed E-state index contributed by atoms with van der Waals surface area (Å²) in [5.74, 6) is 2.88. The number of nitrogens with one attached hydrogen (secondary N) is 2. The standard InChI is InChI=1S/C25H25N7O6.2C2H6/c1-12(31(27)14-6-8-16(24(35)36)20(33)10-14)22(26)18-4-3-5-19(28-18)23-13(2)32(30-29-23)15-7-9-17(25(37)38)21(34)11-15;2*1-2/h3-11,29-30,33-34H,26-27H2,1-2H3,(H,35,36)(H,37,38);2*1-2H3/b22-12-;;. The Balaban J connectivity index is 0.00000148. The second kappa shape index (κ2) is 14.4. The number of carboxylic acids is 2. The maximum absolute atomic E-state index is 11.2. The molecule has 1 aliphatic heterocycles. The molecule has 0 unspecified atom stereocenters. The number of aromatic nitrogens is 1. The highest BCUT2D eigenvalue weighted by Crippen LogP contribution is 2.31. The maximum atomic E-state index is 11.2. The molecule has 0 aliphatic carbocycles. The summed E-state index contributed by atoms with van der Waals surface area (Å²) in [4.78, 5) is 27.0. The van der Waals surface area contributed by atoms with Crippen LogP contribution in [0, 0.1) is 0 Å². The van der Waals surface area contributed by atoms with Crippen molar-refractivity contribution in [3.05, 3.63) is 88.5 Å². The highest BCUT2D eigenvalue weighted by atomic mass is 16.4. The van der Waals surface area contributed by atoms with Crippen LogP contribution in [0.2, 0.25) is 0 Å². The molecule has 0 fully saturated rings. The van der Waals surface area contributed by atoms with E-state index in [-0.39, 0.29) is 22.6 Å². The predicted octanol–water partition coefficient (Wildman–Crippen LogP) is 4.19. The van der Waals surface area contributed by atoms with Crippen molar-refractivity contribution in [2.24, 2.45) is 11.6 Å². The second-order valence-corrected chi connectivity index (χ2v) is 8.32. The topological polar surface area (TPSA) is 211 Å². The van der Waals surface area contributed by atoms with Gasteiger partial charge in [-0.15, -0.1) is 5.53 Å². The summed E-state index contributed by atoms with van der Waals surface area (Å²) in [6.45, 7) is 11.5. The van der Waals surface area contributed by atoms with Crippen molar-refractivity contribution < 1.29 is 30.0 Å². The first-order valence-corrected chi connectivity index (χ1v) is 13.1. The Morgan fingerprint density at radius 2 is 1.48 bits per heavy atom. The molecule has 10 N–H and O–H groups in total. The van der Waals surface area contributed by atoms with Crippen molar-refractivity contribution in [3.63, 3.8) is 0 Å². The molecule has 0 saturated heterocycles. The van der Waals surface area contributed by atoms with Crippen LogP contribution in [-0.4, -0.2) is 37.3 Å². The molecule has 0 amide bonds. The van der Waals surface area contributed by atoms with E-state index in [2.05, 4.69) is 15.9 Å². The normalized spacial score (nSPS) is 12.7. The molecular formula is C29H37N7O6. The molecule has 224 valence electrons. The van der Waals surface area contributed by atoms with Crippen molar-refractivity contribution in [1.29, 1.82) is 0 Å². The fourth-order valence-corrected chi connectivity index (χ4v) is 3.83. The lowest BCUT2D eigenvalue weighted by Crippen LogP contribution is -2.37. The number of phenols is 2. The van der Waals surface area contributed by atoms with Crippen molar-refractivity contribution in [2.75, 3.05) is 10.0 Å². The van der Waals surface area contributed by atoms with Crippen LogP contribution in [-0.2, 0) is 0 Å². The zero-order valence-corrected chi connectivity index (χ0v) is 24.3. The number of rotatable bonds is 7. The fraction of sp³-hybridized carbons (Fsp3) is 0.207. The van der Waals surface area contributed by atoms with E-state index in [9.17, 15) is 19.8 Å². The van der Waals surface area contributed by atoms with E-state index in [0.717, 1.165) is 0 Å². The van der Waals surface area contributed by atoms with Crippen molar-refractivity contribution in [3.8, 4) is 11.5 Å². The van der Waals surface area contributed by atoms with Gasteiger partial charge in [0.1, 0.15) is 22.6 Å². The molecule has 2 aromatic carbocycles. The average Bonchev–Trinajstić information content (AvgIpc) is 3.38. The van der Waals surface area contributed by atoms with E-state index in [4.69, 9.17) is 21.8 Å². The number of nitrogens with two attached hydrogens (primary N) is 2. The van der Waals surface area contributed by atoms with Gasteiger partial charge in [-0.2, -0.15) is 0 Å². The fourth-order valence-electron chi connectivity index (χ4n) is 3.83. The molecule has 0 radical (unpaired) electrons. The van der Waals surface area contributed by atoms with Gasteiger partial charge in [0.2, 0.25) is 0 Å². The third-order valence-electron chi connectivity index (χ3n) is 5.98. The second-order valence-electron chi connectivity index (χ2n) is 8.32. The Labute approximate surface area is 243 Å². The number of hydrogen-bond acceptors (Lipinski definition) is 11. The highest BCUT2D eigenvalue weighted by molar-refractivity contribution is 5.92. The molecule has 3 aromatic rings. The number of aromatic hydroxyl groups is 2. The summed E-state index contributed by atoms with van der Waals surface area (Å²) in [5.41, 5.74) is 15.6. The van der Waals surface area contributed by atoms with Gasteiger partial charge in [0.05, 0.1) is 45.6 Å². The molecule has 0 saturated carbocycles. The van der Waals surface area contributed by atoms with Crippen molar-refractivity contribution >= 4 is 34.7 Å². The predicted molar refractivity (Wildman–Crippen MR) is 162 cm³/mol. The van der Waals surface area contributed by atoms with Crippen molar-refractivity contribution in [2.45, 2.75) is 41.5 Å². The zero-order chi connectivity index (χ0) is 31.7. The molecule has 0 spiro atoms. The van der Waals surface area contributed by atoms with Crippen LogP contribution in [0.5, 0.6) is 11.5 Å². The van der Waals surface area contributed by atoms with E-state index in [0.29, 0.717) is 39.9 Å². The number of allylic oxidation sites excluding steroid dienone is 2. The van der Waals surface area contributed by atoms with Crippen LogP contribution in [0.15, 0.2) is 66.0 Å². The molecule has 0 bridgehead atoms. The van der Waals surface area contributed by atoms with E-state index < -0.39 is 17.7 Å². The van der Waals surface area contributed by atoms with E-state index >= 15 is 0 Å². The molecule has 42 heavy (non-hydrogen) atoms. The monoisotopic (exact) mass is 579 g/mol. The van der Waals surface area contributed by atoms with E-state index in [1.807, 2.05) is 27.7 Å². The summed E-state index contributed by atoms with van der Waals surface area (Å²) >= 11 is 0. The number of hydrazine groups is 3. The minimum atomic E-state index is -1.27. The molecule has 2 heterocycles. The Bertz CT molecular complexity index is 1520. The minimum absolute atomic E-state index is 0.211. The van der Waals surface area contributed by atoms with Gasteiger partial charge in [-0.05, 0) is 50.2 Å². The number of pyridine rings is 1. The van der Waals surface area contributed by atoms with Gasteiger partial charge in [0, 0.05) is 12.1 Å². The Morgan fingerprint density at radius 3 is 2.02 bits per heavy atom. The van der Waals surface area contributed by atoms with Crippen LogP contribution in [0.4, 0.5) is 11.4 Å². The number of hydrogen-bond donors (Lipinski definition) is 8. The van der Waals surface area contributed by atoms with Gasteiger partial charge in [-0.1, -0.05) is 33.8 Å². The maximum Gasteiger partial charge on any atom is 0.339 e. The van der Waals surface area contributed by atoms with Gasteiger partial charge in [0.25, 0.3) is 0 Å². The largest absolute Gasteiger partial charge is 0.507 e. The molecular weight excluding hydrogens is 542 g/mol. The average molecular weight is 580 g/mol. The zero-order valence-electron chi connectivity index (χ0n) is 24.3. The minimum Gasteiger partial charge on any atom is -0.507 e. The van der Waals surface area contributed by atoms with Crippen molar-refractivity contribution in [1.82, 2.24) is 15.9 Å². The smallest absolute Gasteiger partial charge is 0.339 e. The summed E-state index contributed by atoms with van der Waals surface area (Å²) in [6, 6.07) is 13.3. The summed E-state index contributed by atoms with van der Waals surface area (Å²) in [6.07, 6.45) is 0. The van der Waals surface area contributed by atoms with Crippen LogP contribution in [0.3, 0.4) is 0 Å². The van der Waals surface area contributed by atoms with Gasteiger partial charge in [-0.25, -0.2) is 20.4 Å². The Kier molecular flexibility index (Phi) is 11.3. The Hall–Kier alpha value is -5.27. The number of carboxylic acid groups (broad SMARTS) is 2. The third kappa shape index (κ3) is 6.89. The van der Waals surface area contributed by atoms with E-state index in [1.54, 1.807) is 43.1 Å². The molecule has 13 heteroatoms. The van der Waals surface area contributed by atoms with Gasteiger partial charge in [0.15, 0.2) is 0 Å². The quantitative estimate of drug-likeness (QED) is 0.146. The molecule has 13 nitrogen and oxygen atoms in total. The molecule has 4 rings (SSSR count). The van der Waals surface area contributed by atoms with E-state index in [1.165, 1.54) is 35.3 Å². The third-order valence-corrected chi connectivity index (χ3v) is 5.98. The lowest BCUT2D eigenvalue weighted by molar-refractivity contribution is 0.0682. The Morgan fingerprint density at radius 1 is 0.905 bits per heavy atom. The number of nitrogens with zero attached hydrogens (tertiary/aromatic N) is 3. The van der Waals surface area contributed by atoms with Crippen LogP contribution in [0.1, 0.15) is 73.6 Å².